The van der Waals surface area contributed by atoms with Gasteiger partial charge in [0, 0.05) is 57.0 Å². The van der Waals surface area contributed by atoms with E-state index >= 15 is 0 Å². The first-order valence-corrected chi connectivity index (χ1v) is 8.75. The molecule has 2 aromatic rings. The highest BCUT2D eigenvalue weighted by atomic mass is 32.1. The van der Waals surface area contributed by atoms with Gasteiger partial charge in [-0.3, -0.25) is 4.99 Å². The minimum absolute atomic E-state index is 0.813. The molecular weight excluding hydrogens is 308 g/mol. The molecule has 0 spiro atoms. The van der Waals surface area contributed by atoms with E-state index in [0.29, 0.717) is 0 Å². The second kappa shape index (κ2) is 7.92. The van der Waals surface area contributed by atoms with E-state index in [-0.39, 0.29) is 0 Å². The SMILES string of the molecule is CN=C(NCCc1cccs1)N1CCN(c2ncccn2)CC1. The van der Waals surface area contributed by atoms with Crippen LogP contribution in [0, 0.1) is 0 Å². The molecule has 0 atom stereocenters. The van der Waals surface area contributed by atoms with Gasteiger partial charge in [0.25, 0.3) is 0 Å². The monoisotopic (exact) mass is 330 g/mol. The van der Waals surface area contributed by atoms with Crippen molar-refractivity contribution in [2.24, 2.45) is 4.99 Å². The van der Waals surface area contributed by atoms with Crippen molar-refractivity contribution in [3.63, 3.8) is 0 Å². The Morgan fingerprint density at radius 1 is 1.22 bits per heavy atom. The Morgan fingerprint density at radius 2 is 2.00 bits per heavy atom. The Hall–Kier alpha value is -2.15. The smallest absolute Gasteiger partial charge is 0.225 e. The predicted molar refractivity (Wildman–Crippen MR) is 95.2 cm³/mol. The zero-order valence-corrected chi connectivity index (χ0v) is 14.2. The Bertz CT molecular complexity index is 605. The lowest BCUT2D eigenvalue weighted by atomic mass is 10.3. The maximum absolute atomic E-state index is 4.41. The van der Waals surface area contributed by atoms with Crippen molar-refractivity contribution in [2.75, 3.05) is 44.7 Å². The maximum Gasteiger partial charge on any atom is 0.225 e. The average molecular weight is 330 g/mol. The molecule has 3 heterocycles. The van der Waals surface area contributed by atoms with Crippen molar-refractivity contribution >= 4 is 23.2 Å². The zero-order valence-electron chi connectivity index (χ0n) is 13.4. The summed E-state index contributed by atoms with van der Waals surface area (Å²) in [4.78, 5) is 19.0. The molecule has 0 aromatic carbocycles. The molecule has 1 saturated heterocycles. The highest BCUT2D eigenvalue weighted by molar-refractivity contribution is 7.09. The molecule has 6 nitrogen and oxygen atoms in total. The third-order valence-corrected chi connectivity index (χ3v) is 4.80. The summed E-state index contributed by atoms with van der Waals surface area (Å²) in [6.45, 7) is 4.59. The van der Waals surface area contributed by atoms with Gasteiger partial charge in [-0.25, -0.2) is 9.97 Å². The fourth-order valence-corrected chi connectivity index (χ4v) is 3.37. The molecule has 3 rings (SSSR count). The van der Waals surface area contributed by atoms with Crippen molar-refractivity contribution in [3.8, 4) is 0 Å². The molecule has 1 N–H and O–H groups in total. The van der Waals surface area contributed by atoms with Gasteiger partial charge in [-0.1, -0.05) is 6.07 Å². The van der Waals surface area contributed by atoms with Gasteiger partial charge in [0.2, 0.25) is 5.95 Å². The van der Waals surface area contributed by atoms with E-state index in [2.05, 4.69) is 47.6 Å². The van der Waals surface area contributed by atoms with E-state index in [4.69, 9.17) is 0 Å². The summed E-state index contributed by atoms with van der Waals surface area (Å²) in [7, 11) is 1.85. The summed E-state index contributed by atoms with van der Waals surface area (Å²) in [6, 6.07) is 6.12. The number of piperazine rings is 1. The summed E-state index contributed by atoms with van der Waals surface area (Å²) >= 11 is 1.80. The number of nitrogens with zero attached hydrogens (tertiary/aromatic N) is 5. The molecule has 0 aliphatic carbocycles. The molecule has 122 valence electrons. The van der Waals surface area contributed by atoms with Gasteiger partial charge in [0.1, 0.15) is 0 Å². The maximum atomic E-state index is 4.41. The van der Waals surface area contributed by atoms with E-state index < -0.39 is 0 Å². The molecule has 0 radical (unpaired) electrons. The number of hydrogen-bond acceptors (Lipinski definition) is 5. The van der Waals surface area contributed by atoms with E-state index in [9.17, 15) is 0 Å². The molecule has 0 amide bonds. The van der Waals surface area contributed by atoms with Crippen molar-refractivity contribution in [2.45, 2.75) is 6.42 Å². The number of hydrogen-bond donors (Lipinski definition) is 1. The Kier molecular flexibility index (Phi) is 5.42. The average Bonchev–Trinajstić information content (AvgIpc) is 3.13. The summed E-state index contributed by atoms with van der Waals surface area (Å²) in [6.07, 6.45) is 4.62. The van der Waals surface area contributed by atoms with Crippen LogP contribution in [-0.2, 0) is 6.42 Å². The van der Waals surface area contributed by atoms with E-state index in [1.165, 1.54) is 4.88 Å². The number of anilines is 1. The van der Waals surface area contributed by atoms with Crippen LogP contribution in [0.3, 0.4) is 0 Å². The van der Waals surface area contributed by atoms with Gasteiger partial charge in [-0.05, 0) is 23.9 Å². The lowest BCUT2D eigenvalue weighted by Crippen LogP contribution is -2.53. The molecule has 1 aliphatic heterocycles. The highest BCUT2D eigenvalue weighted by Gasteiger charge is 2.20. The molecule has 23 heavy (non-hydrogen) atoms. The predicted octanol–water partition coefficient (Wildman–Crippen LogP) is 1.48. The van der Waals surface area contributed by atoms with E-state index in [1.54, 1.807) is 23.7 Å². The normalized spacial score (nSPS) is 15.8. The van der Waals surface area contributed by atoms with Gasteiger partial charge in [-0.15, -0.1) is 11.3 Å². The number of nitrogens with one attached hydrogen (secondary N) is 1. The first kappa shape index (κ1) is 15.7. The number of aromatic nitrogens is 2. The summed E-state index contributed by atoms with van der Waals surface area (Å²) in [5, 5.41) is 5.58. The summed E-state index contributed by atoms with van der Waals surface area (Å²) in [5.41, 5.74) is 0. The minimum Gasteiger partial charge on any atom is -0.356 e. The van der Waals surface area contributed by atoms with Gasteiger partial charge < -0.3 is 15.1 Å². The topological polar surface area (TPSA) is 56.7 Å². The van der Waals surface area contributed by atoms with Crippen molar-refractivity contribution in [1.29, 1.82) is 0 Å². The standard InChI is InChI=1S/C16H22N6S/c1-17-15(20-8-5-14-4-2-13-23-14)21-9-11-22(12-10-21)16-18-6-3-7-19-16/h2-4,6-7,13H,5,8-12H2,1H3,(H,17,20). The van der Waals surface area contributed by atoms with Gasteiger partial charge >= 0.3 is 0 Å². The molecule has 2 aromatic heterocycles. The highest BCUT2D eigenvalue weighted by Crippen LogP contribution is 2.10. The molecule has 1 fully saturated rings. The van der Waals surface area contributed by atoms with Gasteiger partial charge in [0.05, 0.1) is 0 Å². The molecular formula is C16H22N6S. The fraction of sp³-hybridized carbons (Fsp3) is 0.438. The van der Waals surface area contributed by atoms with E-state index in [1.807, 2.05) is 13.1 Å². The molecule has 1 aliphatic rings. The fourth-order valence-electron chi connectivity index (χ4n) is 2.66. The largest absolute Gasteiger partial charge is 0.356 e. The summed E-state index contributed by atoms with van der Waals surface area (Å²) < 4.78 is 0. The number of aliphatic imine (C=N–C) groups is 1. The van der Waals surface area contributed by atoms with Crippen LogP contribution >= 0.6 is 11.3 Å². The Morgan fingerprint density at radius 3 is 2.65 bits per heavy atom. The second-order valence-corrected chi connectivity index (χ2v) is 6.36. The minimum atomic E-state index is 0.813. The van der Waals surface area contributed by atoms with Crippen molar-refractivity contribution in [3.05, 3.63) is 40.8 Å². The zero-order chi connectivity index (χ0) is 15.9. The van der Waals surface area contributed by atoms with Crippen LogP contribution in [0.2, 0.25) is 0 Å². The first-order chi connectivity index (χ1) is 11.4. The van der Waals surface area contributed by atoms with Crippen LogP contribution in [0.1, 0.15) is 4.88 Å². The Balaban J connectivity index is 1.47. The van der Waals surface area contributed by atoms with Crippen LogP contribution in [-0.4, -0.2) is 60.6 Å². The van der Waals surface area contributed by atoms with E-state index in [0.717, 1.165) is 51.1 Å². The summed E-state index contributed by atoms with van der Waals surface area (Å²) in [5.74, 6) is 1.79. The van der Waals surface area contributed by atoms with Gasteiger partial charge in [0.15, 0.2) is 5.96 Å². The number of rotatable bonds is 4. The molecule has 0 unspecified atom stereocenters. The lowest BCUT2D eigenvalue weighted by Gasteiger charge is -2.36. The van der Waals surface area contributed by atoms with Crippen LogP contribution < -0.4 is 10.2 Å². The number of guanidine groups is 1. The van der Waals surface area contributed by atoms with Crippen LogP contribution in [0.5, 0.6) is 0 Å². The van der Waals surface area contributed by atoms with Crippen molar-refractivity contribution < 1.29 is 0 Å². The third-order valence-electron chi connectivity index (χ3n) is 3.86. The molecule has 7 heteroatoms. The second-order valence-electron chi connectivity index (χ2n) is 5.33. The Labute approximate surface area is 140 Å². The number of thiophene rings is 1. The lowest BCUT2D eigenvalue weighted by molar-refractivity contribution is 0.370. The molecule has 0 saturated carbocycles. The first-order valence-electron chi connectivity index (χ1n) is 7.87. The van der Waals surface area contributed by atoms with Crippen LogP contribution in [0.4, 0.5) is 5.95 Å². The third kappa shape index (κ3) is 4.19. The quantitative estimate of drug-likeness (QED) is 0.680. The van der Waals surface area contributed by atoms with Crippen LogP contribution in [0.15, 0.2) is 41.0 Å². The van der Waals surface area contributed by atoms with Crippen LogP contribution in [0.25, 0.3) is 0 Å². The van der Waals surface area contributed by atoms with Gasteiger partial charge in [-0.2, -0.15) is 0 Å². The molecule has 0 bridgehead atoms. The van der Waals surface area contributed by atoms with Crippen molar-refractivity contribution in [1.82, 2.24) is 20.2 Å².